The Morgan fingerprint density at radius 2 is 1.46 bits per heavy atom. The Kier molecular flexibility index (Phi) is 5.16. The third-order valence-corrected chi connectivity index (χ3v) is 5.85. The number of hydrogen-bond donors (Lipinski definition) is 0. The van der Waals surface area contributed by atoms with E-state index in [9.17, 15) is 4.79 Å². The topological polar surface area (TPSA) is 59.3 Å². The van der Waals surface area contributed by atoms with Gasteiger partial charge in [0.05, 0.1) is 10.6 Å². The number of rotatable bonds is 5. The van der Waals surface area contributed by atoms with Crippen molar-refractivity contribution in [3.8, 4) is 17.6 Å². The summed E-state index contributed by atoms with van der Waals surface area (Å²) in [6.07, 6.45) is -0.160. The molecule has 0 heterocycles. The first-order chi connectivity index (χ1) is 13.1. The molecule has 0 aliphatic heterocycles. The first-order valence-electron chi connectivity index (χ1n) is 9.21. The molecule has 0 N–H and O–H groups in total. The fraction of sp³-hybridized carbons (Fsp3) is 0.391. The molecule has 146 valence electrons. The van der Waals surface area contributed by atoms with Gasteiger partial charge in [-0.15, -0.1) is 0 Å². The van der Waals surface area contributed by atoms with Gasteiger partial charge in [-0.2, -0.15) is 5.26 Å². The van der Waals surface area contributed by atoms with Crippen molar-refractivity contribution >= 4 is 17.4 Å². The minimum atomic E-state index is -0.247. The summed E-state index contributed by atoms with van der Waals surface area (Å²) in [5.41, 5.74) is 0.599. The lowest BCUT2D eigenvalue weighted by Gasteiger charge is -2.62. The first-order valence-corrected chi connectivity index (χ1v) is 9.59. The van der Waals surface area contributed by atoms with E-state index in [2.05, 4.69) is 33.8 Å². The molecule has 3 rings (SSSR count). The SMILES string of the molecule is CC(=O)c1ccc(O[C@H]2C(C)(C)[C@H](Oc3ccc(C#N)c(Cl)c3)C2(C)C)cc1. The summed E-state index contributed by atoms with van der Waals surface area (Å²) in [6.45, 7) is 10.0. The Balaban J connectivity index is 1.77. The van der Waals surface area contributed by atoms with Crippen LogP contribution in [0.25, 0.3) is 0 Å². The number of benzene rings is 2. The molecular formula is C23H24ClNO3. The highest BCUT2D eigenvalue weighted by Crippen LogP contribution is 2.57. The highest BCUT2D eigenvalue weighted by atomic mass is 35.5. The van der Waals surface area contributed by atoms with Crippen LogP contribution in [0.5, 0.6) is 11.5 Å². The van der Waals surface area contributed by atoms with Gasteiger partial charge in [-0.1, -0.05) is 39.3 Å². The van der Waals surface area contributed by atoms with Gasteiger partial charge in [0.1, 0.15) is 29.8 Å². The summed E-state index contributed by atoms with van der Waals surface area (Å²) >= 11 is 6.14. The van der Waals surface area contributed by atoms with E-state index >= 15 is 0 Å². The van der Waals surface area contributed by atoms with Crippen LogP contribution in [0.2, 0.25) is 5.02 Å². The van der Waals surface area contributed by atoms with Gasteiger partial charge in [0.2, 0.25) is 0 Å². The van der Waals surface area contributed by atoms with Gasteiger partial charge < -0.3 is 9.47 Å². The number of ketones is 1. The number of nitriles is 1. The first kappa shape index (κ1) is 20.2. The van der Waals surface area contributed by atoms with E-state index in [1.54, 1.807) is 37.3 Å². The smallest absolute Gasteiger partial charge is 0.159 e. The molecule has 0 bridgehead atoms. The molecule has 2 aromatic carbocycles. The van der Waals surface area contributed by atoms with Crippen molar-refractivity contribution in [1.29, 1.82) is 5.26 Å². The Bertz CT molecular complexity index is 925. The van der Waals surface area contributed by atoms with Crippen LogP contribution < -0.4 is 9.47 Å². The van der Waals surface area contributed by atoms with Gasteiger partial charge >= 0.3 is 0 Å². The van der Waals surface area contributed by atoms with Crippen molar-refractivity contribution < 1.29 is 14.3 Å². The monoisotopic (exact) mass is 397 g/mol. The Morgan fingerprint density at radius 1 is 0.964 bits per heavy atom. The van der Waals surface area contributed by atoms with E-state index < -0.39 is 0 Å². The molecule has 1 aliphatic rings. The van der Waals surface area contributed by atoms with E-state index in [0.717, 1.165) is 5.75 Å². The lowest BCUT2D eigenvalue weighted by molar-refractivity contribution is -0.224. The summed E-state index contributed by atoms with van der Waals surface area (Å²) in [6, 6.07) is 14.4. The molecule has 0 amide bonds. The summed E-state index contributed by atoms with van der Waals surface area (Å²) in [5, 5.41) is 9.41. The van der Waals surface area contributed by atoms with Crippen molar-refractivity contribution in [2.45, 2.75) is 46.8 Å². The van der Waals surface area contributed by atoms with Crippen molar-refractivity contribution in [3.63, 3.8) is 0 Å². The summed E-state index contributed by atoms with van der Waals surface area (Å²) in [4.78, 5) is 11.4. The van der Waals surface area contributed by atoms with Gasteiger partial charge in [-0.25, -0.2) is 0 Å². The van der Waals surface area contributed by atoms with Crippen LogP contribution in [0.15, 0.2) is 42.5 Å². The molecule has 2 aromatic rings. The highest BCUT2D eigenvalue weighted by molar-refractivity contribution is 6.31. The zero-order valence-electron chi connectivity index (χ0n) is 16.7. The zero-order chi connectivity index (χ0) is 20.7. The number of Topliss-reactive ketones (excluding diaryl/α,β-unsaturated/α-hetero) is 1. The number of hydrogen-bond acceptors (Lipinski definition) is 4. The summed E-state index contributed by atoms with van der Waals surface area (Å²) in [5.74, 6) is 1.40. The molecule has 0 atom stereocenters. The fourth-order valence-corrected chi connectivity index (χ4v) is 4.62. The molecular weight excluding hydrogens is 374 g/mol. The van der Waals surface area contributed by atoms with Gasteiger partial charge in [-0.3, -0.25) is 4.79 Å². The van der Waals surface area contributed by atoms with Gasteiger partial charge in [0.15, 0.2) is 5.78 Å². The highest BCUT2D eigenvalue weighted by Gasteiger charge is 2.65. The van der Waals surface area contributed by atoms with E-state index in [1.807, 2.05) is 12.1 Å². The molecule has 1 fully saturated rings. The molecule has 5 heteroatoms. The second kappa shape index (κ2) is 7.14. The summed E-state index contributed by atoms with van der Waals surface area (Å²) in [7, 11) is 0. The molecule has 28 heavy (non-hydrogen) atoms. The Labute approximate surface area is 171 Å². The average molecular weight is 398 g/mol. The van der Waals surface area contributed by atoms with Crippen LogP contribution >= 0.6 is 11.6 Å². The maximum absolute atomic E-state index is 11.4. The Hall–Kier alpha value is -2.51. The van der Waals surface area contributed by atoms with Crippen LogP contribution in [0.3, 0.4) is 0 Å². The van der Waals surface area contributed by atoms with Crippen molar-refractivity contribution in [2.75, 3.05) is 0 Å². The number of carbonyl (C=O) groups excluding carboxylic acids is 1. The predicted molar refractivity (Wildman–Crippen MR) is 109 cm³/mol. The minimum absolute atomic E-state index is 0.0328. The van der Waals surface area contributed by atoms with Crippen LogP contribution in [0.1, 0.15) is 50.5 Å². The third-order valence-electron chi connectivity index (χ3n) is 5.53. The van der Waals surface area contributed by atoms with E-state index in [4.69, 9.17) is 26.3 Å². The standard InChI is InChI=1S/C23H24ClNO3/c1-14(26)15-6-9-17(10-7-15)27-20-22(2,3)21(23(20,4)5)28-18-11-8-16(13-25)19(24)12-18/h6-12,20-21H,1-5H3/t20-,21-. The van der Waals surface area contributed by atoms with E-state index in [-0.39, 0.29) is 28.8 Å². The Morgan fingerprint density at radius 3 is 1.93 bits per heavy atom. The van der Waals surface area contributed by atoms with Crippen LogP contribution in [-0.2, 0) is 0 Å². The number of carbonyl (C=O) groups is 1. The average Bonchev–Trinajstić information content (AvgIpc) is 2.64. The molecule has 0 spiro atoms. The van der Waals surface area contributed by atoms with Crippen LogP contribution in [0.4, 0.5) is 0 Å². The van der Waals surface area contributed by atoms with Gasteiger partial charge in [-0.05, 0) is 43.3 Å². The number of ether oxygens (including phenoxy) is 2. The van der Waals surface area contributed by atoms with Crippen molar-refractivity contribution in [1.82, 2.24) is 0 Å². The van der Waals surface area contributed by atoms with Gasteiger partial charge in [0, 0.05) is 22.5 Å². The number of nitrogens with zero attached hydrogens (tertiary/aromatic N) is 1. The largest absolute Gasteiger partial charge is 0.489 e. The minimum Gasteiger partial charge on any atom is -0.489 e. The maximum Gasteiger partial charge on any atom is 0.159 e. The lowest BCUT2D eigenvalue weighted by atomic mass is 9.51. The third kappa shape index (κ3) is 3.47. The van der Waals surface area contributed by atoms with Crippen molar-refractivity contribution in [3.05, 3.63) is 58.6 Å². The molecule has 0 saturated heterocycles. The second-order valence-electron chi connectivity index (χ2n) is 8.47. The molecule has 1 saturated carbocycles. The molecule has 4 nitrogen and oxygen atoms in total. The molecule has 0 aromatic heterocycles. The van der Waals surface area contributed by atoms with Crippen LogP contribution in [0, 0.1) is 22.2 Å². The normalized spacial score (nSPS) is 21.9. The van der Waals surface area contributed by atoms with Crippen molar-refractivity contribution in [2.24, 2.45) is 10.8 Å². The molecule has 0 radical (unpaired) electrons. The predicted octanol–water partition coefficient (Wildman–Crippen LogP) is 5.68. The zero-order valence-corrected chi connectivity index (χ0v) is 17.5. The molecule has 0 unspecified atom stereocenters. The van der Waals surface area contributed by atoms with E-state index in [1.165, 1.54) is 0 Å². The van der Waals surface area contributed by atoms with Gasteiger partial charge in [0.25, 0.3) is 0 Å². The van der Waals surface area contributed by atoms with Crippen LogP contribution in [-0.4, -0.2) is 18.0 Å². The lowest BCUT2D eigenvalue weighted by Crippen LogP contribution is -2.71. The maximum atomic E-state index is 11.4. The number of halogens is 1. The molecule has 1 aliphatic carbocycles. The fourth-order valence-electron chi connectivity index (χ4n) is 4.40. The van der Waals surface area contributed by atoms with E-state index in [0.29, 0.717) is 21.9 Å². The second-order valence-corrected chi connectivity index (χ2v) is 8.88. The summed E-state index contributed by atoms with van der Waals surface area (Å²) < 4.78 is 12.5. The quantitative estimate of drug-likeness (QED) is 0.609.